The average Bonchev–Trinajstić information content (AvgIpc) is 2.74. The summed E-state index contributed by atoms with van der Waals surface area (Å²) in [6.07, 6.45) is 3.86. The van der Waals surface area contributed by atoms with Crippen molar-refractivity contribution in [2.45, 2.75) is 43.0 Å². The van der Waals surface area contributed by atoms with E-state index in [4.69, 9.17) is 4.74 Å². The van der Waals surface area contributed by atoms with Crippen molar-refractivity contribution in [2.75, 3.05) is 0 Å². The van der Waals surface area contributed by atoms with Crippen molar-refractivity contribution >= 4 is 0 Å². The van der Waals surface area contributed by atoms with E-state index in [2.05, 4.69) is 6.58 Å². The minimum Gasteiger partial charge on any atom is -0.390 e. The lowest BCUT2D eigenvalue weighted by Crippen LogP contribution is -2.17. The predicted molar refractivity (Wildman–Crippen MR) is 40.2 cm³/mol. The lowest BCUT2D eigenvalue weighted by atomic mass is 10.1. The van der Waals surface area contributed by atoms with Crippen molar-refractivity contribution in [1.29, 1.82) is 0 Å². The van der Waals surface area contributed by atoms with Gasteiger partial charge >= 0.3 is 0 Å². The average molecular weight is 152 g/mol. The van der Waals surface area contributed by atoms with Crippen LogP contribution >= 0.6 is 0 Å². The summed E-state index contributed by atoms with van der Waals surface area (Å²) in [6.45, 7) is 3.97. The Morgan fingerprint density at radius 1 is 1.55 bits per heavy atom. The third kappa shape index (κ3) is 0.603. The molecule has 1 aliphatic heterocycles. The first-order chi connectivity index (χ1) is 5.17. The predicted octanol–water partition coefficient (Wildman–Crippen LogP) is 0.999. The molecule has 2 unspecified atom stereocenters. The Morgan fingerprint density at radius 3 is 2.45 bits per heavy atom. The highest BCUT2D eigenvalue weighted by Crippen LogP contribution is 2.63. The summed E-state index contributed by atoms with van der Waals surface area (Å²) in [5.74, 6) is 0. The van der Waals surface area contributed by atoms with Gasteiger partial charge in [-0.1, -0.05) is 6.58 Å². The Balaban J connectivity index is 1.93. The second kappa shape index (κ2) is 1.41. The highest BCUT2D eigenvalue weighted by molar-refractivity contribution is 5.36. The van der Waals surface area contributed by atoms with Gasteiger partial charge < -0.3 is 9.84 Å². The molecule has 0 aromatic carbocycles. The molecule has 2 atom stereocenters. The minimum atomic E-state index is -0.281. The van der Waals surface area contributed by atoms with Crippen molar-refractivity contribution in [2.24, 2.45) is 0 Å². The lowest BCUT2D eigenvalue weighted by Gasteiger charge is -2.09. The SMILES string of the molecule is C=C1CC2(CC2)OC12CC2O. The van der Waals surface area contributed by atoms with Crippen molar-refractivity contribution in [3.63, 3.8) is 0 Å². The molecule has 3 aliphatic rings. The van der Waals surface area contributed by atoms with E-state index in [0.29, 0.717) is 0 Å². The molecule has 2 nitrogen and oxygen atoms in total. The fourth-order valence-corrected chi connectivity index (χ4v) is 2.17. The zero-order valence-corrected chi connectivity index (χ0v) is 6.47. The van der Waals surface area contributed by atoms with E-state index in [0.717, 1.165) is 18.4 Å². The summed E-state index contributed by atoms with van der Waals surface area (Å²) >= 11 is 0. The van der Waals surface area contributed by atoms with Crippen LogP contribution in [0.1, 0.15) is 25.7 Å². The summed E-state index contributed by atoms with van der Waals surface area (Å²) in [4.78, 5) is 0. The van der Waals surface area contributed by atoms with Crippen LogP contribution < -0.4 is 0 Å². The highest BCUT2D eigenvalue weighted by atomic mass is 16.6. The smallest absolute Gasteiger partial charge is 0.118 e. The molecule has 2 heteroatoms. The highest BCUT2D eigenvalue weighted by Gasteiger charge is 2.68. The van der Waals surface area contributed by atoms with Gasteiger partial charge in [0.25, 0.3) is 0 Å². The molecule has 0 aromatic heterocycles. The molecular formula is C9H12O2. The molecule has 0 amide bonds. The molecular weight excluding hydrogens is 140 g/mol. The van der Waals surface area contributed by atoms with Gasteiger partial charge in [0.15, 0.2) is 0 Å². The molecule has 3 rings (SSSR count). The van der Waals surface area contributed by atoms with E-state index in [9.17, 15) is 5.11 Å². The molecule has 11 heavy (non-hydrogen) atoms. The van der Waals surface area contributed by atoms with Crippen LogP contribution in [-0.2, 0) is 4.74 Å². The van der Waals surface area contributed by atoms with Gasteiger partial charge in [0.05, 0.1) is 11.7 Å². The molecule has 1 heterocycles. The van der Waals surface area contributed by atoms with E-state index in [-0.39, 0.29) is 17.3 Å². The Labute approximate surface area is 65.9 Å². The van der Waals surface area contributed by atoms with Crippen LogP contribution in [0.2, 0.25) is 0 Å². The third-order valence-electron chi connectivity index (χ3n) is 3.22. The first kappa shape index (κ1) is 6.21. The van der Waals surface area contributed by atoms with E-state index in [1.807, 2.05) is 0 Å². The Hall–Kier alpha value is -0.340. The Bertz CT molecular complexity index is 242. The van der Waals surface area contributed by atoms with Crippen LogP contribution in [0.3, 0.4) is 0 Å². The van der Waals surface area contributed by atoms with Crippen LogP contribution in [0.25, 0.3) is 0 Å². The van der Waals surface area contributed by atoms with Crippen LogP contribution in [-0.4, -0.2) is 22.4 Å². The number of rotatable bonds is 0. The molecule has 0 bridgehead atoms. The van der Waals surface area contributed by atoms with Crippen LogP contribution in [0.4, 0.5) is 0 Å². The second-order valence-corrected chi connectivity index (χ2v) is 4.17. The van der Waals surface area contributed by atoms with Gasteiger partial charge in [0, 0.05) is 12.8 Å². The largest absolute Gasteiger partial charge is 0.390 e. The maximum Gasteiger partial charge on any atom is 0.118 e. The number of hydrogen-bond donors (Lipinski definition) is 1. The molecule has 2 spiro atoms. The number of aliphatic hydroxyl groups excluding tert-OH is 1. The van der Waals surface area contributed by atoms with Crippen LogP contribution in [0, 0.1) is 0 Å². The fraction of sp³-hybridized carbons (Fsp3) is 0.778. The van der Waals surface area contributed by atoms with Gasteiger partial charge in [0.1, 0.15) is 5.60 Å². The number of ether oxygens (including phenoxy) is 1. The zero-order valence-electron chi connectivity index (χ0n) is 6.47. The summed E-state index contributed by atoms with van der Waals surface area (Å²) in [5.41, 5.74) is 0.980. The molecule has 1 saturated heterocycles. The molecule has 2 saturated carbocycles. The van der Waals surface area contributed by atoms with Gasteiger partial charge in [-0.05, 0) is 18.4 Å². The minimum absolute atomic E-state index is 0.133. The quantitative estimate of drug-likeness (QED) is 0.525. The van der Waals surface area contributed by atoms with Gasteiger partial charge in [-0.3, -0.25) is 0 Å². The lowest BCUT2D eigenvalue weighted by molar-refractivity contribution is -0.00518. The number of hydrogen-bond acceptors (Lipinski definition) is 2. The second-order valence-electron chi connectivity index (χ2n) is 4.17. The molecule has 3 fully saturated rings. The molecule has 0 aromatic rings. The normalized spacial score (nSPS) is 50.6. The van der Waals surface area contributed by atoms with Gasteiger partial charge in [0.2, 0.25) is 0 Å². The van der Waals surface area contributed by atoms with E-state index >= 15 is 0 Å². The van der Waals surface area contributed by atoms with E-state index in [1.54, 1.807) is 0 Å². The molecule has 0 radical (unpaired) electrons. The summed E-state index contributed by atoms with van der Waals surface area (Å²) in [7, 11) is 0. The van der Waals surface area contributed by atoms with E-state index in [1.165, 1.54) is 12.8 Å². The van der Waals surface area contributed by atoms with Gasteiger partial charge in [-0.15, -0.1) is 0 Å². The molecule has 60 valence electrons. The van der Waals surface area contributed by atoms with Gasteiger partial charge in [-0.25, -0.2) is 0 Å². The third-order valence-corrected chi connectivity index (χ3v) is 3.22. The summed E-state index contributed by atoms with van der Waals surface area (Å²) in [6, 6.07) is 0. The maximum absolute atomic E-state index is 9.36. The first-order valence-electron chi connectivity index (χ1n) is 4.23. The van der Waals surface area contributed by atoms with Crippen molar-refractivity contribution in [1.82, 2.24) is 0 Å². The maximum atomic E-state index is 9.36. The molecule has 1 N–H and O–H groups in total. The Morgan fingerprint density at radius 2 is 2.18 bits per heavy atom. The Kier molecular flexibility index (Phi) is 0.796. The van der Waals surface area contributed by atoms with Crippen LogP contribution in [0.15, 0.2) is 12.2 Å². The van der Waals surface area contributed by atoms with Gasteiger partial charge in [-0.2, -0.15) is 0 Å². The molecule has 2 aliphatic carbocycles. The zero-order chi connectivity index (χ0) is 7.69. The standard InChI is InChI=1S/C9H12O2/c1-6-4-8(2-3-8)11-9(6)5-7(9)10/h7,10H,1-5H2. The van der Waals surface area contributed by atoms with Crippen molar-refractivity contribution in [3.05, 3.63) is 12.2 Å². The first-order valence-corrected chi connectivity index (χ1v) is 4.23. The van der Waals surface area contributed by atoms with Crippen molar-refractivity contribution < 1.29 is 9.84 Å². The van der Waals surface area contributed by atoms with E-state index < -0.39 is 0 Å². The summed E-state index contributed by atoms with van der Waals surface area (Å²) < 4.78 is 5.83. The fourth-order valence-electron chi connectivity index (χ4n) is 2.17. The topological polar surface area (TPSA) is 29.5 Å². The van der Waals surface area contributed by atoms with Crippen molar-refractivity contribution in [3.8, 4) is 0 Å². The number of aliphatic hydroxyl groups is 1. The summed E-state index contributed by atoms with van der Waals surface area (Å²) in [5, 5.41) is 9.36. The monoisotopic (exact) mass is 152 g/mol. The van der Waals surface area contributed by atoms with Crippen LogP contribution in [0.5, 0.6) is 0 Å².